The predicted octanol–water partition coefficient (Wildman–Crippen LogP) is 1.51. The molecule has 0 heterocycles. The van der Waals surface area contributed by atoms with Crippen molar-refractivity contribution < 1.29 is 14.7 Å². The lowest BCUT2D eigenvalue weighted by atomic mass is 9.83. The average molecular weight is 270 g/mol. The highest BCUT2D eigenvalue weighted by atomic mass is 16.4. The summed E-state index contributed by atoms with van der Waals surface area (Å²) in [6, 6.07) is -1.50. The second-order valence-corrected chi connectivity index (χ2v) is 6.57. The predicted molar refractivity (Wildman–Crippen MR) is 73.6 cm³/mol. The Labute approximate surface area is 114 Å². The van der Waals surface area contributed by atoms with Gasteiger partial charge in [0.2, 0.25) is 5.91 Å². The number of nitrogens with one attached hydrogen (secondary N) is 1. The third-order valence-corrected chi connectivity index (χ3v) is 3.90. The van der Waals surface area contributed by atoms with Gasteiger partial charge in [-0.05, 0) is 24.2 Å². The average Bonchev–Trinajstić information content (AvgIpc) is 2.34. The van der Waals surface area contributed by atoms with Gasteiger partial charge in [-0.15, -0.1) is 0 Å². The molecule has 0 aliphatic heterocycles. The van der Waals surface area contributed by atoms with E-state index in [1.165, 1.54) is 0 Å². The number of carbonyl (C=O) groups excluding carboxylic acids is 1. The number of rotatable bonds is 4. The lowest BCUT2D eigenvalue weighted by Gasteiger charge is -2.31. The van der Waals surface area contributed by atoms with E-state index in [9.17, 15) is 14.7 Å². The molecule has 0 spiro atoms. The minimum atomic E-state index is -0.957. The quantitative estimate of drug-likeness (QED) is 0.722. The summed E-state index contributed by atoms with van der Waals surface area (Å²) in [5, 5.41) is 11.9. The molecular weight excluding hydrogens is 244 g/mol. The Balaban J connectivity index is 2.68. The second-order valence-electron chi connectivity index (χ2n) is 6.57. The van der Waals surface area contributed by atoms with E-state index in [2.05, 4.69) is 5.32 Å². The van der Waals surface area contributed by atoms with Crippen molar-refractivity contribution in [2.24, 2.45) is 17.1 Å². The van der Waals surface area contributed by atoms with Crippen molar-refractivity contribution in [1.82, 2.24) is 5.32 Å². The molecule has 1 rings (SSSR count). The number of amides is 1. The molecule has 0 bridgehead atoms. The summed E-state index contributed by atoms with van der Waals surface area (Å²) in [5.74, 6) is -1.30. The maximum Gasteiger partial charge on any atom is 0.326 e. The fourth-order valence-corrected chi connectivity index (χ4v) is 2.49. The molecule has 0 aromatic carbocycles. The van der Waals surface area contributed by atoms with E-state index in [1.807, 2.05) is 20.8 Å². The van der Waals surface area contributed by atoms with Gasteiger partial charge < -0.3 is 16.2 Å². The van der Waals surface area contributed by atoms with Gasteiger partial charge >= 0.3 is 5.97 Å². The molecule has 0 aromatic rings. The van der Waals surface area contributed by atoms with E-state index in [1.54, 1.807) is 0 Å². The van der Waals surface area contributed by atoms with Gasteiger partial charge in [0.15, 0.2) is 0 Å². The zero-order chi connectivity index (χ0) is 14.6. The highest BCUT2D eigenvalue weighted by Crippen LogP contribution is 2.27. The number of carboxylic acids is 1. The largest absolute Gasteiger partial charge is 0.480 e. The first-order chi connectivity index (χ1) is 8.73. The molecule has 110 valence electrons. The van der Waals surface area contributed by atoms with Gasteiger partial charge in [-0.1, -0.05) is 40.0 Å². The second kappa shape index (κ2) is 6.37. The molecular formula is C14H26N2O3. The van der Waals surface area contributed by atoms with E-state index in [-0.39, 0.29) is 17.2 Å². The standard InChI is InChI=1S/C14H26N2O3/c1-14(2,3)11(15)12(17)16-10(13(18)19)9-7-5-4-6-8-9/h9-11H,4-8,15H2,1-3H3,(H,16,17)(H,18,19)/t10?,11-/m0/s1. The van der Waals surface area contributed by atoms with Crippen molar-refractivity contribution in [1.29, 1.82) is 0 Å². The van der Waals surface area contributed by atoms with E-state index < -0.39 is 18.1 Å². The van der Waals surface area contributed by atoms with Gasteiger partial charge in [0, 0.05) is 0 Å². The molecule has 5 heteroatoms. The molecule has 1 unspecified atom stereocenters. The fraction of sp³-hybridized carbons (Fsp3) is 0.857. The number of carbonyl (C=O) groups is 2. The van der Waals surface area contributed by atoms with Crippen LogP contribution in [0.5, 0.6) is 0 Å². The first-order valence-corrected chi connectivity index (χ1v) is 7.02. The zero-order valence-electron chi connectivity index (χ0n) is 12.1. The summed E-state index contributed by atoms with van der Waals surface area (Å²) in [6.07, 6.45) is 4.95. The molecule has 0 aromatic heterocycles. The first-order valence-electron chi connectivity index (χ1n) is 7.02. The number of nitrogens with two attached hydrogens (primary N) is 1. The number of carboxylic acid groups (broad SMARTS) is 1. The summed E-state index contributed by atoms with van der Waals surface area (Å²) in [5.41, 5.74) is 5.49. The van der Waals surface area contributed by atoms with Crippen molar-refractivity contribution in [3.63, 3.8) is 0 Å². The minimum absolute atomic E-state index is 0.0300. The smallest absolute Gasteiger partial charge is 0.326 e. The van der Waals surface area contributed by atoms with Gasteiger partial charge in [0.25, 0.3) is 0 Å². The molecule has 0 saturated heterocycles. The summed E-state index contributed by atoms with van der Waals surface area (Å²) in [6.45, 7) is 5.61. The Kier molecular flexibility index (Phi) is 5.35. The Morgan fingerprint density at radius 1 is 1.21 bits per heavy atom. The van der Waals surface area contributed by atoms with Crippen molar-refractivity contribution >= 4 is 11.9 Å². The molecule has 0 radical (unpaired) electrons. The van der Waals surface area contributed by atoms with Gasteiger partial charge in [-0.2, -0.15) is 0 Å². The van der Waals surface area contributed by atoms with Crippen LogP contribution in [0.25, 0.3) is 0 Å². The van der Waals surface area contributed by atoms with Crippen molar-refractivity contribution in [3.05, 3.63) is 0 Å². The van der Waals surface area contributed by atoms with Crippen molar-refractivity contribution in [2.45, 2.75) is 65.0 Å². The van der Waals surface area contributed by atoms with Crippen LogP contribution in [0.2, 0.25) is 0 Å². The number of hydrogen-bond acceptors (Lipinski definition) is 3. The van der Waals surface area contributed by atoms with Crippen LogP contribution in [-0.4, -0.2) is 29.1 Å². The van der Waals surface area contributed by atoms with Crippen LogP contribution in [-0.2, 0) is 9.59 Å². The summed E-state index contributed by atoms with van der Waals surface area (Å²) in [7, 11) is 0. The lowest BCUT2D eigenvalue weighted by molar-refractivity contribution is -0.144. The normalized spacial score (nSPS) is 20.6. The van der Waals surface area contributed by atoms with Gasteiger partial charge in [0.1, 0.15) is 6.04 Å². The molecule has 1 fully saturated rings. The first kappa shape index (κ1) is 16.0. The van der Waals surface area contributed by atoms with Crippen LogP contribution in [0.1, 0.15) is 52.9 Å². The molecule has 1 saturated carbocycles. The van der Waals surface area contributed by atoms with E-state index in [0.29, 0.717) is 0 Å². The number of hydrogen-bond donors (Lipinski definition) is 3. The summed E-state index contributed by atoms with van der Waals surface area (Å²) < 4.78 is 0. The summed E-state index contributed by atoms with van der Waals surface area (Å²) >= 11 is 0. The van der Waals surface area contributed by atoms with E-state index >= 15 is 0 Å². The highest BCUT2D eigenvalue weighted by molar-refractivity contribution is 5.87. The monoisotopic (exact) mass is 270 g/mol. The number of aliphatic carboxylic acids is 1. The van der Waals surface area contributed by atoms with Gasteiger partial charge in [0.05, 0.1) is 6.04 Å². The Bertz CT molecular complexity index is 330. The topological polar surface area (TPSA) is 92.4 Å². The molecule has 2 atom stereocenters. The summed E-state index contributed by atoms with van der Waals surface area (Å²) in [4.78, 5) is 23.4. The Hall–Kier alpha value is -1.10. The molecule has 1 aliphatic carbocycles. The third-order valence-electron chi connectivity index (χ3n) is 3.90. The molecule has 4 N–H and O–H groups in total. The van der Waals surface area contributed by atoms with Gasteiger partial charge in [-0.25, -0.2) is 4.79 Å². The van der Waals surface area contributed by atoms with Crippen LogP contribution in [0.4, 0.5) is 0 Å². The SMILES string of the molecule is CC(C)(C)[C@@H](N)C(=O)NC(C(=O)O)C1CCCCC1. The van der Waals surface area contributed by atoms with Crippen LogP contribution >= 0.6 is 0 Å². The fourth-order valence-electron chi connectivity index (χ4n) is 2.49. The van der Waals surface area contributed by atoms with Crippen molar-refractivity contribution in [3.8, 4) is 0 Å². The molecule has 19 heavy (non-hydrogen) atoms. The van der Waals surface area contributed by atoms with Crippen molar-refractivity contribution in [2.75, 3.05) is 0 Å². The van der Waals surface area contributed by atoms with E-state index in [4.69, 9.17) is 5.73 Å². The lowest BCUT2D eigenvalue weighted by Crippen LogP contribution is -2.55. The molecule has 5 nitrogen and oxygen atoms in total. The Morgan fingerprint density at radius 3 is 2.16 bits per heavy atom. The van der Waals surface area contributed by atoms with Crippen LogP contribution in [0.3, 0.4) is 0 Å². The molecule has 1 aliphatic rings. The highest BCUT2D eigenvalue weighted by Gasteiger charge is 2.34. The van der Waals surface area contributed by atoms with Gasteiger partial charge in [-0.3, -0.25) is 4.79 Å². The van der Waals surface area contributed by atoms with E-state index in [0.717, 1.165) is 32.1 Å². The minimum Gasteiger partial charge on any atom is -0.480 e. The van der Waals surface area contributed by atoms with Crippen LogP contribution in [0.15, 0.2) is 0 Å². The Morgan fingerprint density at radius 2 is 1.74 bits per heavy atom. The van der Waals surface area contributed by atoms with Crippen LogP contribution in [0, 0.1) is 11.3 Å². The zero-order valence-corrected chi connectivity index (χ0v) is 12.1. The maximum atomic E-state index is 12.0. The van der Waals surface area contributed by atoms with Crippen LogP contribution < -0.4 is 11.1 Å². The maximum absolute atomic E-state index is 12.0. The third kappa shape index (κ3) is 4.49. The molecule has 1 amide bonds.